The highest BCUT2D eigenvalue weighted by Gasteiger charge is 2.24. The number of carbonyl (C=O) groups is 1. The molecule has 0 fully saturated rings. The predicted octanol–water partition coefficient (Wildman–Crippen LogP) is 2.34. The molecule has 0 spiro atoms. The van der Waals surface area contributed by atoms with Crippen LogP contribution in [0, 0.1) is 25.2 Å². The number of aromatic nitrogens is 3. The highest BCUT2D eigenvalue weighted by molar-refractivity contribution is 8.00. The average Bonchev–Trinajstić information content (AvgIpc) is 2.71. The molecule has 31 heavy (non-hydrogen) atoms. The quantitative estimate of drug-likeness (QED) is 0.566. The van der Waals surface area contributed by atoms with Crippen LogP contribution in [0.4, 0.5) is 11.5 Å². The van der Waals surface area contributed by atoms with Crippen LogP contribution >= 0.6 is 11.8 Å². The number of carbonyl (C=O) groups excluding carboxylic acids is 1. The average molecular weight is 445 g/mol. The predicted molar refractivity (Wildman–Crippen MR) is 122 cm³/mol. The van der Waals surface area contributed by atoms with Gasteiger partial charge >= 0.3 is 5.69 Å². The van der Waals surface area contributed by atoms with E-state index in [1.165, 1.54) is 9.47 Å². The Hall–Kier alpha value is -3.06. The van der Waals surface area contributed by atoms with Crippen LogP contribution in [0.3, 0.4) is 0 Å². The van der Waals surface area contributed by atoms with Gasteiger partial charge in [0.25, 0.3) is 5.56 Å². The van der Waals surface area contributed by atoms with Crippen molar-refractivity contribution in [1.82, 2.24) is 14.5 Å². The Kier molecular flexibility index (Phi) is 8.45. The first-order chi connectivity index (χ1) is 14.7. The number of nitrogens with two attached hydrogens (primary N) is 1. The second-order valence-electron chi connectivity index (χ2n) is 7.20. The van der Waals surface area contributed by atoms with Gasteiger partial charge < -0.3 is 10.6 Å². The Labute approximate surface area is 185 Å². The Morgan fingerprint density at radius 2 is 2.03 bits per heavy atom. The summed E-state index contributed by atoms with van der Waals surface area (Å²) in [5, 5.41) is 9.92. The van der Waals surface area contributed by atoms with Gasteiger partial charge in [0.15, 0.2) is 5.69 Å². The number of aryl methyl sites for hydroxylation is 2. The fourth-order valence-corrected chi connectivity index (χ4v) is 4.19. The van der Waals surface area contributed by atoms with Crippen molar-refractivity contribution < 1.29 is 4.79 Å². The number of anilines is 2. The SMILES string of the molecule is CCCCN(C(=O)CSc1nc(C)cc(C)c1C#N)c1c(N)n(CCC)c(=O)[nH]c1=O. The molecule has 2 rings (SSSR count). The zero-order valence-electron chi connectivity index (χ0n) is 18.3. The number of nitrogens with one attached hydrogen (secondary N) is 1. The van der Waals surface area contributed by atoms with E-state index in [0.717, 1.165) is 29.4 Å². The molecule has 10 heteroatoms. The first kappa shape index (κ1) is 24.2. The van der Waals surface area contributed by atoms with Crippen molar-refractivity contribution in [2.75, 3.05) is 22.9 Å². The maximum absolute atomic E-state index is 13.1. The molecule has 9 nitrogen and oxygen atoms in total. The number of H-pyrrole nitrogens is 1. The summed E-state index contributed by atoms with van der Waals surface area (Å²) in [4.78, 5) is 45.9. The lowest BCUT2D eigenvalue weighted by Crippen LogP contribution is -2.42. The van der Waals surface area contributed by atoms with Gasteiger partial charge in [0.2, 0.25) is 5.91 Å². The molecule has 0 atom stereocenters. The van der Waals surface area contributed by atoms with Crippen LogP contribution in [-0.2, 0) is 11.3 Å². The number of nitrogens with zero attached hydrogens (tertiary/aromatic N) is 4. The largest absolute Gasteiger partial charge is 0.383 e. The van der Waals surface area contributed by atoms with E-state index in [9.17, 15) is 19.6 Å². The lowest BCUT2D eigenvalue weighted by Gasteiger charge is -2.24. The molecule has 2 aromatic rings. The van der Waals surface area contributed by atoms with E-state index in [4.69, 9.17) is 5.73 Å². The highest BCUT2D eigenvalue weighted by atomic mass is 32.2. The number of pyridine rings is 1. The van der Waals surface area contributed by atoms with Crippen molar-refractivity contribution >= 4 is 29.2 Å². The molecule has 0 radical (unpaired) electrons. The number of rotatable bonds is 9. The van der Waals surface area contributed by atoms with E-state index < -0.39 is 11.2 Å². The van der Waals surface area contributed by atoms with Gasteiger partial charge in [0, 0.05) is 18.8 Å². The maximum atomic E-state index is 13.1. The molecule has 0 aliphatic carbocycles. The van der Waals surface area contributed by atoms with Crippen LogP contribution in [0.1, 0.15) is 49.9 Å². The van der Waals surface area contributed by atoms with Crippen molar-refractivity contribution in [3.05, 3.63) is 43.7 Å². The number of nitrogen functional groups attached to an aromatic ring is 1. The molecule has 166 valence electrons. The third kappa shape index (κ3) is 5.55. The number of hydrogen-bond acceptors (Lipinski definition) is 7. The molecule has 0 aliphatic rings. The summed E-state index contributed by atoms with van der Waals surface area (Å²) in [6.07, 6.45) is 2.11. The van der Waals surface area contributed by atoms with E-state index in [-0.39, 0.29) is 23.2 Å². The summed E-state index contributed by atoms with van der Waals surface area (Å²) in [5.74, 6) is -0.394. The fourth-order valence-electron chi connectivity index (χ4n) is 3.21. The Bertz CT molecular complexity index is 1120. The zero-order valence-corrected chi connectivity index (χ0v) is 19.1. The smallest absolute Gasteiger partial charge is 0.330 e. The van der Waals surface area contributed by atoms with Crippen molar-refractivity contribution in [2.45, 2.75) is 58.5 Å². The van der Waals surface area contributed by atoms with E-state index in [0.29, 0.717) is 36.5 Å². The molecular formula is C21H28N6O3S. The van der Waals surface area contributed by atoms with Gasteiger partial charge in [0.1, 0.15) is 16.9 Å². The third-order valence-corrected chi connectivity index (χ3v) is 5.68. The molecule has 3 N–H and O–H groups in total. The van der Waals surface area contributed by atoms with Gasteiger partial charge in [-0.3, -0.25) is 19.1 Å². The first-order valence-electron chi connectivity index (χ1n) is 10.2. The van der Waals surface area contributed by atoms with Crippen LogP contribution in [0.5, 0.6) is 0 Å². The van der Waals surface area contributed by atoms with Crippen LogP contribution in [0.25, 0.3) is 0 Å². The summed E-state index contributed by atoms with van der Waals surface area (Å²) in [6, 6.07) is 3.95. The molecule has 0 aliphatic heterocycles. The molecule has 1 amide bonds. The standard InChI is InChI=1S/C21H28N6O3S/c1-5-7-9-26(17-18(23)27(8-6-2)21(30)25-19(17)29)16(28)12-31-20-15(11-22)13(3)10-14(4)24-20/h10H,5-9,12,23H2,1-4H3,(H,25,29,30). The van der Waals surface area contributed by atoms with Gasteiger partial charge in [-0.2, -0.15) is 5.26 Å². The van der Waals surface area contributed by atoms with Crippen molar-refractivity contribution in [3.63, 3.8) is 0 Å². The molecule has 2 aromatic heterocycles. The van der Waals surface area contributed by atoms with Gasteiger partial charge in [0.05, 0.1) is 11.3 Å². The Morgan fingerprint density at radius 1 is 1.32 bits per heavy atom. The van der Waals surface area contributed by atoms with E-state index in [1.54, 1.807) is 0 Å². The van der Waals surface area contributed by atoms with Gasteiger partial charge in [-0.1, -0.05) is 32.0 Å². The molecule has 0 saturated heterocycles. The Balaban J connectivity index is 2.42. The number of aromatic amines is 1. The summed E-state index contributed by atoms with van der Waals surface area (Å²) in [5.41, 5.74) is 6.84. The normalized spacial score (nSPS) is 10.7. The first-order valence-corrected chi connectivity index (χ1v) is 11.2. The molecule has 0 aromatic carbocycles. The number of thioether (sulfide) groups is 1. The molecular weight excluding hydrogens is 416 g/mol. The highest BCUT2D eigenvalue weighted by Crippen LogP contribution is 2.25. The van der Waals surface area contributed by atoms with Crippen LogP contribution in [0.2, 0.25) is 0 Å². The monoisotopic (exact) mass is 444 g/mol. The number of unbranched alkanes of at least 4 members (excludes halogenated alkanes) is 1. The maximum Gasteiger partial charge on any atom is 0.330 e. The lowest BCUT2D eigenvalue weighted by molar-refractivity contribution is -0.116. The van der Waals surface area contributed by atoms with Crippen molar-refractivity contribution in [2.24, 2.45) is 0 Å². The minimum absolute atomic E-state index is 0.0130. The molecule has 2 heterocycles. The number of nitriles is 1. The van der Waals surface area contributed by atoms with Crippen LogP contribution in [-0.4, -0.2) is 32.7 Å². The summed E-state index contributed by atoms with van der Waals surface area (Å²) < 4.78 is 1.27. The number of amides is 1. The molecule has 0 saturated carbocycles. The van der Waals surface area contributed by atoms with Crippen LogP contribution < -0.4 is 21.9 Å². The fraction of sp³-hybridized carbons (Fsp3) is 0.476. The lowest BCUT2D eigenvalue weighted by atomic mass is 10.1. The summed E-state index contributed by atoms with van der Waals surface area (Å²) in [7, 11) is 0. The summed E-state index contributed by atoms with van der Waals surface area (Å²) >= 11 is 1.15. The summed E-state index contributed by atoms with van der Waals surface area (Å²) in [6.45, 7) is 8.13. The zero-order chi connectivity index (χ0) is 23.1. The van der Waals surface area contributed by atoms with E-state index >= 15 is 0 Å². The van der Waals surface area contributed by atoms with Crippen molar-refractivity contribution in [1.29, 1.82) is 5.26 Å². The van der Waals surface area contributed by atoms with Gasteiger partial charge in [-0.05, 0) is 38.3 Å². The van der Waals surface area contributed by atoms with E-state index in [2.05, 4.69) is 16.0 Å². The van der Waals surface area contributed by atoms with E-state index in [1.807, 2.05) is 33.8 Å². The topological polar surface area (TPSA) is 138 Å². The Morgan fingerprint density at radius 3 is 2.65 bits per heavy atom. The van der Waals surface area contributed by atoms with Gasteiger partial charge in [-0.25, -0.2) is 9.78 Å². The second kappa shape index (κ2) is 10.8. The molecule has 0 unspecified atom stereocenters. The molecule has 0 bridgehead atoms. The number of hydrogen-bond donors (Lipinski definition) is 2. The van der Waals surface area contributed by atoms with Crippen molar-refractivity contribution in [3.8, 4) is 6.07 Å². The second-order valence-corrected chi connectivity index (χ2v) is 8.17. The van der Waals surface area contributed by atoms with Gasteiger partial charge in [-0.15, -0.1) is 0 Å². The van der Waals surface area contributed by atoms with Crippen LogP contribution in [0.15, 0.2) is 20.7 Å². The minimum Gasteiger partial charge on any atom is -0.383 e. The minimum atomic E-state index is -0.688. The third-order valence-electron chi connectivity index (χ3n) is 4.72.